The summed E-state index contributed by atoms with van der Waals surface area (Å²) >= 11 is 5.93. The lowest BCUT2D eigenvalue weighted by Gasteiger charge is -2.34. The van der Waals surface area contributed by atoms with Crippen LogP contribution >= 0.6 is 11.6 Å². The van der Waals surface area contributed by atoms with Crippen molar-refractivity contribution < 1.29 is 22.9 Å². The highest BCUT2D eigenvalue weighted by atomic mass is 35.5. The zero-order valence-corrected chi connectivity index (χ0v) is 19.1. The van der Waals surface area contributed by atoms with Gasteiger partial charge in [-0.15, -0.1) is 0 Å². The van der Waals surface area contributed by atoms with Crippen LogP contribution in [0.3, 0.4) is 0 Å². The van der Waals surface area contributed by atoms with E-state index in [2.05, 4.69) is 0 Å². The van der Waals surface area contributed by atoms with Gasteiger partial charge in [0.05, 0.1) is 16.4 Å². The third kappa shape index (κ3) is 5.76. The molecule has 9 nitrogen and oxygen atoms in total. The molecule has 3 rings (SSSR count). The molecular weight excluding hydrogens is 458 g/mol. The number of aryl methyl sites for hydroxylation is 1. The number of hydrogen-bond acceptors (Lipinski definition) is 6. The van der Waals surface area contributed by atoms with Crippen molar-refractivity contribution in [3.63, 3.8) is 0 Å². The molecule has 0 aliphatic carbocycles. The number of amides is 1. The molecule has 1 saturated heterocycles. The fourth-order valence-electron chi connectivity index (χ4n) is 3.41. The molecule has 0 spiro atoms. The largest absolute Gasteiger partial charge is 0.493 e. The number of non-ortho nitro benzene ring substituents is 1. The van der Waals surface area contributed by atoms with Crippen LogP contribution in [0.2, 0.25) is 5.02 Å². The normalized spacial score (nSPS) is 14.9. The molecule has 0 aromatic heterocycles. The van der Waals surface area contributed by atoms with E-state index in [9.17, 15) is 23.3 Å². The van der Waals surface area contributed by atoms with Crippen LogP contribution in [-0.4, -0.2) is 61.2 Å². The Kier molecular flexibility index (Phi) is 7.70. The molecule has 1 fully saturated rings. The van der Waals surface area contributed by atoms with Gasteiger partial charge in [-0.1, -0.05) is 11.6 Å². The number of benzene rings is 2. The van der Waals surface area contributed by atoms with Gasteiger partial charge < -0.3 is 9.64 Å². The average Bonchev–Trinajstić information content (AvgIpc) is 2.78. The summed E-state index contributed by atoms with van der Waals surface area (Å²) in [6, 6.07) is 10.1. The van der Waals surface area contributed by atoms with Gasteiger partial charge in [0.1, 0.15) is 5.75 Å². The number of halogens is 1. The molecule has 0 atom stereocenters. The van der Waals surface area contributed by atoms with Crippen molar-refractivity contribution in [3.05, 3.63) is 63.2 Å². The number of sulfonamides is 1. The highest BCUT2D eigenvalue weighted by Crippen LogP contribution is 2.23. The first kappa shape index (κ1) is 24.0. The number of nitrogens with zero attached hydrogens (tertiary/aromatic N) is 3. The lowest BCUT2D eigenvalue weighted by molar-refractivity contribution is -0.384. The van der Waals surface area contributed by atoms with Crippen molar-refractivity contribution >= 4 is 33.2 Å². The van der Waals surface area contributed by atoms with Crippen LogP contribution in [0.5, 0.6) is 5.75 Å². The summed E-state index contributed by atoms with van der Waals surface area (Å²) < 4.78 is 32.5. The van der Waals surface area contributed by atoms with Gasteiger partial charge in [0.15, 0.2) is 0 Å². The van der Waals surface area contributed by atoms with Gasteiger partial charge in [-0.05, 0) is 49.2 Å². The number of carbonyl (C=O) groups excluding carboxylic acids is 1. The van der Waals surface area contributed by atoms with Crippen LogP contribution in [0.4, 0.5) is 5.69 Å². The summed E-state index contributed by atoms with van der Waals surface area (Å²) in [5, 5.41) is 11.4. The van der Waals surface area contributed by atoms with Crippen LogP contribution < -0.4 is 4.74 Å². The smallest absolute Gasteiger partial charge is 0.269 e. The van der Waals surface area contributed by atoms with Crippen molar-refractivity contribution in [2.24, 2.45) is 0 Å². The first-order valence-electron chi connectivity index (χ1n) is 10.1. The summed E-state index contributed by atoms with van der Waals surface area (Å²) in [6.45, 7) is 3.22. The third-order valence-electron chi connectivity index (χ3n) is 5.21. The van der Waals surface area contributed by atoms with Crippen LogP contribution in [0.25, 0.3) is 0 Å². The Bertz CT molecular complexity index is 1080. The first-order valence-corrected chi connectivity index (χ1v) is 11.9. The minimum Gasteiger partial charge on any atom is -0.493 e. The van der Waals surface area contributed by atoms with E-state index in [-0.39, 0.29) is 29.6 Å². The van der Waals surface area contributed by atoms with Gasteiger partial charge in [0.2, 0.25) is 15.9 Å². The van der Waals surface area contributed by atoms with Crippen molar-refractivity contribution in [3.8, 4) is 5.75 Å². The molecule has 172 valence electrons. The standard InChI is InChI=1S/C21H24ClN3O6S/c1-16-15-17(22)4-9-20(16)31-14-2-3-21(26)23-10-12-24(13-11-23)32(29,30)19-7-5-18(6-8-19)25(27)28/h4-9,15H,2-3,10-14H2,1H3. The zero-order chi connectivity index (χ0) is 23.3. The van der Waals surface area contributed by atoms with Gasteiger partial charge in [-0.2, -0.15) is 4.31 Å². The van der Waals surface area contributed by atoms with E-state index in [1.807, 2.05) is 13.0 Å². The highest BCUT2D eigenvalue weighted by molar-refractivity contribution is 7.89. The number of nitro groups is 1. The maximum Gasteiger partial charge on any atom is 0.269 e. The molecular formula is C21H24ClN3O6S. The quantitative estimate of drug-likeness (QED) is 0.325. The second-order valence-corrected chi connectivity index (χ2v) is 9.77. The summed E-state index contributed by atoms with van der Waals surface area (Å²) in [6.07, 6.45) is 0.851. The van der Waals surface area contributed by atoms with Crippen molar-refractivity contribution in [2.75, 3.05) is 32.8 Å². The van der Waals surface area contributed by atoms with Gasteiger partial charge in [0, 0.05) is 49.8 Å². The monoisotopic (exact) mass is 481 g/mol. The maximum atomic E-state index is 12.8. The van der Waals surface area contributed by atoms with E-state index < -0.39 is 14.9 Å². The molecule has 11 heteroatoms. The fourth-order valence-corrected chi connectivity index (χ4v) is 5.05. The topological polar surface area (TPSA) is 110 Å². The molecule has 0 bridgehead atoms. The minimum atomic E-state index is -3.77. The second kappa shape index (κ2) is 10.3. The minimum absolute atomic E-state index is 0.00230. The van der Waals surface area contributed by atoms with E-state index in [1.54, 1.807) is 17.0 Å². The van der Waals surface area contributed by atoms with Gasteiger partial charge in [-0.25, -0.2) is 8.42 Å². The van der Waals surface area contributed by atoms with Crippen LogP contribution in [0.1, 0.15) is 18.4 Å². The summed E-state index contributed by atoms with van der Waals surface area (Å²) in [5.74, 6) is 0.681. The van der Waals surface area contributed by atoms with E-state index in [0.717, 1.165) is 11.3 Å². The molecule has 1 heterocycles. The molecule has 0 radical (unpaired) electrons. The predicted molar refractivity (Wildman–Crippen MR) is 119 cm³/mol. The Morgan fingerprint density at radius 3 is 2.38 bits per heavy atom. The molecule has 32 heavy (non-hydrogen) atoms. The van der Waals surface area contributed by atoms with Gasteiger partial charge in [0.25, 0.3) is 5.69 Å². The van der Waals surface area contributed by atoms with Gasteiger partial charge in [-0.3, -0.25) is 14.9 Å². The van der Waals surface area contributed by atoms with Crippen LogP contribution in [0, 0.1) is 17.0 Å². The summed E-state index contributed by atoms with van der Waals surface area (Å²) in [4.78, 5) is 24.3. The Labute approximate surface area is 191 Å². The molecule has 1 aliphatic heterocycles. The van der Waals surface area contributed by atoms with E-state index in [4.69, 9.17) is 16.3 Å². The molecule has 1 aliphatic rings. The van der Waals surface area contributed by atoms with Crippen molar-refractivity contribution in [2.45, 2.75) is 24.7 Å². The fraction of sp³-hybridized carbons (Fsp3) is 0.381. The third-order valence-corrected chi connectivity index (χ3v) is 7.35. The van der Waals surface area contributed by atoms with Crippen LogP contribution in [-0.2, 0) is 14.8 Å². The number of ether oxygens (including phenoxy) is 1. The summed E-state index contributed by atoms with van der Waals surface area (Å²) in [7, 11) is -3.77. The lowest BCUT2D eigenvalue weighted by Crippen LogP contribution is -2.50. The number of nitro benzene ring substituents is 1. The maximum absolute atomic E-state index is 12.8. The van der Waals surface area contributed by atoms with E-state index >= 15 is 0 Å². The first-order chi connectivity index (χ1) is 15.2. The predicted octanol–water partition coefficient (Wildman–Crippen LogP) is 3.25. The molecule has 2 aromatic rings. The molecule has 1 amide bonds. The zero-order valence-electron chi connectivity index (χ0n) is 17.6. The highest BCUT2D eigenvalue weighted by Gasteiger charge is 2.30. The number of rotatable bonds is 8. The molecule has 0 saturated carbocycles. The van der Waals surface area contributed by atoms with E-state index in [1.165, 1.54) is 28.6 Å². The molecule has 0 N–H and O–H groups in total. The van der Waals surface area contributed by atoms with Gasteiger partial charge >= 0.3 is 0 Å². The Hall–Kier alpha value is -2.69. The Morgan fingerprint density at radius 1 is 1.12 bits per heavy atom. The number of hydrogen-bond donors (Lipinski definition) is 0. The second-order valence-electron chi connectivity index (χ2n) is 7.40. The van der Waals surface area contributed by atoms with Crippen molar-refractivity contribution in [1.82, 2.24) is 9.21 Å². The van der Waals surface area contributed by atoms with E-state index in [0.29, 0.717) is 37.6 Å². The Balaban J connectivity index is 1.46. The summed E-state index contributed by atoms with van der Waals surface area (Å²) in [5.41, 5.74) is 0.753. The SMILES string of the molecule is Cc1cc(Cl)ccc1OCCCC(=O)N1CCN(S(=O)(=O)c2ccc([N+](=O)[O-])cc2)CC1. The average molecular weight is 482 g/mol. The van der Waals surface area contributed by atoms with Crippen LogP contribution in [0.15, 0.2) is 47.4 Å². The molecule has 0 unspecified atom stereocenters. The molecule has 2 aromatic carbocycles. The van der Waals surface area contributed by atoms with Crippen molar-refractivity contribution in [1.29, 1.82) is 0 Å². The Morgan fingerprint density at radius 2 is 1.78 bits per heavy atom. The number of carbonyl (C=O) groups is 1. The number of piperazine rings is 1. The lowest BCUT2D eigenvalue weighted by atomic mass is 10.2.